The van der Waals surface area contributed by atoms with Crippen LogP contribution in [0.5, 0.6) is 11.5 Å². The maximum absolute atomic E-state index is 9.73. The SMILES string of the molecule is CCC[N+]1(CCC)CCCC1c1ccc(O)c(O)c1.[OH-]. The number of hydrogen-bond donors (Lipinski definition) is 2. The van der Waals surface area contributed by atoms with Gasteiger partial charge >= 0.3 is 0 Å². The Morgan fingerprint density at radius 1 is 1.10 bits per heavy atom. The molecule has 0 amide bonds. The van der Waals surface area contributed by atoms with Crippen LogP contribution in [0.15, 0.2) is 18.2 Å². The van der Waals surface area contributed by atoms with Crippen molar-refractivity contribution < 1.29 is 20.2 Å². The first-order chi connectivity index (χ1) is 9.13. The predicted molar refractivity (Wildman–Crippen MR) is 79.1 cm³/mol. The molecular weight excluding hydrogens is 254 g/mol. The largest absolute Gasteiger partial charge is 0.870 e. The van der Waals surface area contributed by atoms with Crippen LogP contribution in [0, 0.1) is 0 Å². The molecule has 0 aliphatic carbocycles. The summed E-state index contributed by atoms with van der Waals surface area (Å²) in [5, 5.41) is 19.2. The summed E-state index contributed by atoms with van der Waals surface area (Å²) in [5.74, 6) is -0.0127. The third kappa shape index (κ3) is 3.07. The van der Waals surface area contributed by atoms with Gasteiger partial charge in [0.1, 0.15) is 6.04 Å². The second-order valence-electron chi connectivity index (χ2n) is 5.80. The molecule has 4 nitrogen and oxygen atoms in total. The van der Waals surface area contributed by atoms with Crippen LogP contribution in [0.3, 0.4) is 0 Å². The van der Waals surface area contributed by atoms with Gasteiger partial charge in [0.2, 0.25) is 0 Å². The average molecular weight is 281 g/mol. The summed E-state index contributed by atoms with van der Waals surface area (Å²) in [6.07, 6.45) is 4.83. The summed E-state index contributed by atoms with van der Waals surface area (Å²) in [4.78, 5) is 0. The molecule has 3 N–H and O–H groups in total. The summed E-state index contributed by atoms with van der Waals surface area (Å²) < 4.78 is 1.15. The van der Waals surface area contributed by atoms with Crippen LogP contribution >= 0.6 is 0 Å². The van der Waals surface area contributed by atoms with Gasteiger partial charge in [0.05, 0.1) is 19.6 Å². The fraction of sp³-hybridized carbons (Fsp3) is 0.625. The Kier molecular flexibility index (Phi) is 5.84. The van der Waals surface area contributed by atoms with Crippen molar-refractivity contribution in [3.8, 4) is 11.5 Å². The van der Waals surface area contributed by atoms with Gasteiger partial charge in [-0.2, -0.15) is 0 Å². The van der Waals surface area contributed by atoms with E-state index in [1.807, 2.05) is 6.07 Å². The molecule has 0 bridgehead atoms. The van der Waals surface area contributed by atoms with Gasteiger partial charge in [-0.1, -0.05) is 13.8 Å². The maximum atomic E-state index is 9.73. The van der Waals surface area contributed by atoms with Crippen LogP contribution in [0.25, 0.3) is 0 Å². The highest BCUT2D eigenvalue weighted by molar-refractivity contribution is 5.41. The van der Waals surface area contributed by atoms with E-state index in [1.54, 1.807) is 12.1 Å². The highest BCUT2D eigenvalue weighted by Gasteiger charge is 2.41. The minimum atomic E-state index is -0.0224. The van der Waals surface area contributed by atoms with Crippen molar-refractivity contribution in [2.45, 2.75) is 45.6 Å². The second-order valence-corrected chi connectivity index (χ2v) is 5.80. The van der Waals surface area contributed by atoms with E-state index in [4.69, 9.17) is 0 Å². The van der Waals surface area contributed by atoms with E-state index >= 15 is 0 Å². The zero-order valence-electron chi connectivity index (χ0n) is 12.5. The molecule has 0 aromatic heterocycles. The molecule has 0 radical (unpaired) electrons. The van der Waals surface area contributed by atoms with Crippen molar-refractivity contribution in [3.05, 3.63) is 23.8 Å². The molecule has 114 valence electrons. The number of benzene rings is 1. The topological polar surface area (TPSA) is 70.5 Å². The molecule has 1 unspecified atom stereocenters. The smallest absolute Gasteiger partial charge is 0.157 e. The molecule has 0 spiro atoms. The first-order valence-corrected chi connectivity index (χ1v) is 7.50. The van der Waals surface area contributed by atoms with Crippen LogP contribution in [-0.4, -0.2) is 39.8 Å². The molecule has 1 aliphatic heterocycles. The molecule has 1 saturated heterocycles. The highest BCUT2D eigenvalue weighted by Crippen LogP contribution is 2.41. The molecule has 1 atom stereocenters. The Morgan fingerprint density at radius 2 is 1.75 bits per heavy atom. The number of hydrogen-bond acceptors (Lipinski definition) is 3. The molecule has 1 aromatic rings. The summed E-state index contributed by atoms with van der Waals surface area (Å²) in [6.45, 7) is 8.16. The van der Waals surface area contributed by atoms with Gasteiger partial charge < -0.3 is 20.2 Å². The van der Waals surface area contributed by atoms with Crippen molar-refractivity contribution in [2.75, 3.05) is 19.6 Å². The minimum absolute atomic E-state index is 0. The zero-order chi connectivity index (χ0) is 13.9. The number of aromatic hydroxyl groups is 2. The van der Waals surface area contributed by atoms with E-state index in [-0.39, 0.29) is 17.0 Å². The molecule has 4 heteroatoms. The van der Waals surface area contributed by atoms with Gasteiger partial charge in [-0.15, -0.1) is 0 Å². The predicted octanol–water partition coefficient (Wildman–Crippen LogP) is 3.39. The van der Waals surface area contributed by atoms with Crippen molar-refractivity contribution in [1.82, 2.24) is 0 Å². The summed E-state index contributed by atoms with van der Waals surface area (Å²) in [7, 11) is 0. The molecule has 1 heterocycles. The lowest BCUT2D eigenvalue weighted by molar-refractivity contribution is -0.945. The van der Waals surface area contributed by atoms with E-state index in [0.717, 1.165) is 4.48 Å². The summed E-state index contributed by atoms with van der Waals surface area (Å²) in [6, 6.07) is 5.83. The highest BCUT2D eigenvalue weighted by atomic mass is 16.3. The maximum Gasteiger partial charge on any atom is 0.157 e. The number of nitrogens with zero attached hydrogens (tertiary/aromatic N) is 1. The number of likely N-dealkylation sites (tertiary alicyclic amines) is 1. The fourth-order valence-electron chi connectivity index (χ4n) is 3.80. The fourth-order valence-corrected chi connectivity index (χ4v) is 3.80. The molecule has 1 fully saturated rings. The van der Waals surface area contributed by atoms with Crippen LogP contribution < -0.4 is 0 Å². The Labute approximate surface area is 121 Å². The molecule has 20 heavy (non-hydrogen) atoms. The lowest BCUT2D eigenvalue weighted by atomic mass is 10.0. The van der Waals surface area contributed by atoms with Crippen LogP contribution in [-0.2, 0) is 0 Å². The lowest BCUT2D eigenvalue weighted by Gasteiger charge is -2.40. The second kappa shape index (κ2) is 6.95. The van der Waals surface area contributed by atoms with Crippen molar-refractivity contribution >= 4 is 0 Å². The Morgan fingerprint density at radius 3 is 2.30 bits per heavy atom. The van der Waals surface area contributed by atoms with Crippen molar-refractivity contribution in [1.29, 1.82) is 0 Å². The van der Waals surface area contributed by atoms with Gasteiger partial charge in [0.25, 0.3) is 0 Å². The molecule has 0 saturated carbocycles. The number of phenolic OH excluding ortho intramolecular Hbond substituents is 2. The van der Waals surface area contributed by atoms with Crippen LogP contribution in [0.1, 0.15) is 51.1 Å². The molecule has 2 rings (SSSR count). The first-order valence-electron chi connectivity index (χ1n) is 7.50. The van der Waals surface area contributed by atoms with Crippen molar-refractivity contribution in [2.24, 2.45) is 0 Å². The van der Waals surface area contributed by atoms with E-state index in [0.29, 0.717) is 6.04 Å². The van der Waals surface area contributed by atoms with Crippen LogP contribution in [0.2, 0.25) is 0 Å². The Hall–Kier alpha value is -1.26. The standard InChI is InChI=1S/C16H25NO2.H2O/c1-3-9-17(10-4-2)11-5-6-14(17)13-7-8-15(18)16(19)12-13;/h7-8,12,14H,3-6,9-11H2,1-2H3,(H-,18,19);1H2. The third-order valence-electron chi connectivity index (χ3n) is 4.46. The van der Waals surface area contributed by atoms with Crippen LogP contribution in [0.4, 0.5) is 0 Å². The van der Waals surface area contributed by atoms with Gasteiger partial charge in [-0.3, -0.25) is 0 Å². The Bertz CT molecular complexity index is 428. The normalized spacial score (nSPS) is 20.6. The van der Waals surface area contributed by atoms with Gasteiger partial charge in [0.15, 0.2) is 11.5 Å². The molecular formula is C16H27NO3. The quantitative estimate of drug-likeness (QED) is 0.642. The third-order valence-corrected chi connectivity index (χ3v) is 4.46. The number of phenols is 2. The summed E-state index contributed by atoms with van der Waals surface area (Å²) in [5.41, 5.74) is 1.18. The van der Waals surface area contributed by atoms with Crippen molar-refractivity contribution in [3.63, 3.8) is 0 Å². The van der Waals surface area contributed by atoms with E-state index in [1.165, 1.54) is 50.9 Å². The Balaban J connectivity index is 0.00000200. The van der Waals surface area contributed by atoms with Gasteiger partial charge in [0, 0.05) is 18.4 Å². The minimum Gasteiger partial charge on any atom is -0.870 e. The van der Waals surface area contributed by atoms with E-state index < -0.39 is 0 Å². The number of quaternary nitrogens is 1. The molecule has 1 aromatic carbocycles. The number of rotatable bonds is 5. The van der Waals surface area contributed by atoms with Gasteiger partial charge in [-0.05, 0) is 31.0 Å². The lowest BCUT2D eigenvalue weighted by Crippen LogP contribution is -2.48. The van der Waals surface area contributed by atoms with E-state index in [2.05, 4.69) is 13.8 Å². The van der Waals surface area contributed by atoms with E-state index in [9.17, 15) is 10.2 Å². The monoisotopic (exact) mass is 281 g/mol. The first kappa shape index (κ1) is 16.8. The zero-order valence-corrected chi connectivity index (χ0v) is 12.5. The molecule has 1 aliphatic rings. The summed E-state index contributed by atoms with van der Waals surface area (Å²) >= 11 is 0. The van der Waals surface area contributed by atoms with Gasteiger partial charge in [-0.25, -0.2) is 0 Å². The average Bonchev–Trinajstić information content (AvgIpc) is 2.77.